The number of halogens is 1. The molecule has 8 heteroatoms. The van der Waals surface area contributed by atoms with Gasteiger partial charge in [0.15, 0.2) is 0 Å². The summed E-state index contributed by atoms with van der Waals surface area (Å²) >= 11 is 5.92. The molecule has 0 heterocycles. The van der Waals surface area contributed by atoms with Crippen LogP contribution in [0.5, 0.6) is 0 Å². The maximum absolute atomic E-state index is 11.6. The van der Waals surface area contributed by atoms with Crippen molar-refractivity contribution in [2.45, 2.75) is 6.92 Å². The number of nitrogens with one attached hydrogen (secondary N) is 2. The first-order valence-corrected chi connectivity index (χ1v) is 7.28. The predicted octanol–water partition coefficient (Wildman–Crippen LogP) is 0.983. The Balaban J connectivity index is 2.64. The van der Waals surface area contributed by atoms with E-state index in [0.717, 1.165) is 9.87 Å². The number of rotatable bonds is 5. The summed E-state index contributed by atoms with van der Waals surface area (Å²) in [5.41, 5.74) is 1.29. The van der Waals surface area contributed by atoms with Crippen molar-refractivity contribution in [1.82, 2.24) is 9.03 Å². The van der Waals surface area contributed by atoms with Gasteiger partial charge in [-0.05, 0) is 24.6 Å². The number of nitrogens with zero attached hydrogens (tertiary/aromatic N) is 1. The van der Waals surface area contributed by atoms with Crippen LogP contribution in [-0.2, 0) is 15.0 Å². The van der Waals surface area contributed by atoms with Gasteiger partial charge in [0.25, 0.3) is 10.2 Å². The Labute approximate surface area is 117 Å². The first-order valence-electron chi connectivity index (χ1n) is 5.46. The molecule has 0 aliphatic carbocycles. The van der Waals surface area contributed by atoms with E-state index in [9.17, 15) is 13.2 Å². The van der Waals surface area contributed by atoms with Gasteiger partial charge in [-0.2, -0.15) is 17.4 Å². The lowest BCUT2D eigenvalue weighted by Gasteiger charge is -2.13. The molecule has 0 saturated heterocycles. The molecule has 2 N–H and O–H groups in total. The molecule has 106 valence electrons. The summed E-state index contributed by atoms with van der Waals surface area (Å²) < 4.78 is 26.0. The van der Waals surface area contributed by atoms with Gasteiger partial charge in [-0.3, -0.25) is 4.79 Å². The smallest absolute Gasteiger partial charge is 0.279 e. The van der Waals surface area contributed by atoms with E-state index in [1.54, 1.807) is 25.1 Å². The van der Waals surface area contributed by atoms with Crippen LogP contribution < -0.4 is 10.0 Å². The Hall–Kier alpha value is -1.15. The van der Waals surface area contributed by atoms with E-state index in [1.165, 1.54) is 14.1 Å². The molecule has 1 aromatic rings. The van der Waals surface area contributed by atoms with Crippen LogP contribution in [0.1, 0.15) is 5.56 Å². The average Bonchev–Trinajstić information content (AvgIpc) is 2.32. The summed E-state index contributed by atoms with van der Waals surface area (Å²) in [4.78, 5) is 11.6. The molecule has 1 aromatic carbocycles. The molecule has 1 rings (SSSR count). The van der Waals surface area contributed by atoms with Gasteiger partial charge in [-0.25, -0.2) is 0 Å². The zero-order valence-corrected chi connectivity index (χ0v) is 12.5. The summed E-state index contributed by atoms with van der Waals surface area (Å²) in [6.07, 6.45) is 0. The average molecular weight is 306 g/mol. The quantitative estimate of drug-likeness (QED) is 0.851. The number of benzene rings is 1. The molecule has 0 spiro atoms. The van der Waals surface area contributed by atoms with Crippen LogP contribution in [0.25, 0.3) is 0 Å². The third kappa shape index (κ3) is 4.46. The van der Waals surface area contributed by atoms with Gasteiger partial charge in [0, 0.05) is 24.8 Å². The molecule has 0 unspecified atom stereocenters. The number of amides is 1. The zero-order chi connectivity index (χ0) is 14.6. The van der Waals surface area contributed by atoms with Crippen molar-refractivity contribution in [1.29, 1.82) is 0 Å². The van der Waals surface area contributed by atoms with Crippen molar-refractivity contribution >= 4 is 33.4 Å². The summed E-state index contributed by atoms with van der Waals surface area (Å²) in [6.45, 7) is 1.43. The van der Waals surface area contributed by atoms with Crippen LogP contribution >= 0.6 is 11.6 Å². The molecule has 6 nitrogen and oxygen atoms in total. The van der Waals surface area contributed by atoms with Gasteiger partial charge in [0.1, 0.15) is 0 Å². The Morgan fingerprint density at radius 2 is 2.00 bits per heavy atom. The molecule has 0 bridgehead atoms. The van der Waals surface area contributed by atoms with Crippen molar-refractivity contribution in [3.05, 3.63) is 28.8 Å². The Bertz CT molecular complexity index is 573. The lowest BCUT2D eigenvalue weighted by atomic mass is 10.2. The highest BCUT2D eigenvalue weighted by Gasteiger charge is 2.15. The van der Waals surface area contributed by atoms with E-state index in [4.69, 9.17) is 11.6 Å². The van der Waals surface area contributed by atoms with E-state index in [-0.39, 0.29) is 6.54 Å². The Morgan fingerprint density at radius 3 is 2.58 bits per heavy atom. The van der Waals surface area contributed by atoms with Gasteiger partial charge in [0.2, 0.25) is 5.91 Å². The normalized spacial score (nSPS) is 11.6. The first kappa shape index (κ1) is 15.9. The molecule has 0 atom stereocenters. The first-order chi connectivity index (χ1) is 8.74. The highest BCUT2D eigenvalue weighted by atomic mass is 35.5. The van der Waals surface area contributed by atoms with E-state index in [0.29, 0.717) is 10.7 Å². The molecule has 0 fully saturated rings. The minimum atomic E-state index is -3.61. The second-order valence-corrected chi connectivity index (χ2v) is 6.45. The fourth-order valence-electron chi connectivity index (χ4n) is 1.22. The molecular formula is C11H16ClN3O3S. The molecular weight excluding hydrogens is 290 g/mol. The second-order valence-electron chi connectivity index (χ2n) is 4.07. The van der Waals surface area contributed by atoms with Crippen LogP contribution in [-0.4, -0.2) is 39.3 Å². The number of carbonyl (C=O) groups excluding carboxylic acids is 1. The van der Waals surface area contributed by atoms with Crippen molar-refractivity contribution in [3.8, 4) is 0 Å². The highest BCUT2D eigenvalue weighted by molar-refractivity contribution is 7.87. The molecule has 0 radical (unpaired) electrons. The van der Waals surface area contributed by atoms with Crippen LogP contribution in [0.15, 0.2) is 18.2 Å². The number of carbonyl (C=O) groups is 1. The van der Waals surface area contributed by atoms with E-state index in [1.807, 2.05) is 0 Å². The van der Waals surface area contributed by atoms with Crippen LogP contribution in [0, 0.1) is 6.92 Å². The molecule has 0 aliphatic heterocycles. The van der Waals surface area contributed by atoms with Crippen molar-refractivity contribution in [2.75, 3.05) is 26.0 Å². The monoisotopic (exact) mass is 305 g/mol. The van der Waals surface area contributed by atoms with E-state index >= 15 is 0 Å². The Kier molecular flexibility index (Phi) is 5.30. The summed E-state index contributed by atoms with van der Waals surface area (Å²) in [5, 5.41) is 3.13. The highest BCUT2D eigenvalue weighted by Crippen LogP contribution is 2.22. The van der Waals surface area contributed by atoms with Gasteiger partial charge >= 0.3 is 0 Å². The summed E-state index contributed by atoms with van der Waals surface area (Å²) in [6, 6.07) is 5.11. The fourth-order valence-corrected chi connectivity index (χ4v) is 1.97. The van der Waals surface area contributed by atoms with Crippen molar-refractivity contribution < 1.29 is 13.2 Å². The van der Waals surface area contributed by atoms with Crippen LogP contribution in [0.3, 0.4) is 0 Å². The second kappa shape index (κ2) is 6.33. The zero-order valence-electron chi connectivity index (χ0n) is 10.9. The molecule has 0 saturated carbocycles. The number of anilines is 1. The minimum absolute atomic E-state index is 0.341. The third-order valence-electron chi connectivity index (χ3n) is 2.44. The number of hydrogen-bond donors (Lipinski definition) is 2. The maximum atomic E-state index is 11.6. The van der Waals surface area contributed by atoms with E-state index in [2.05, 4.69) is 10.0 Å². The fraction of sp³-hybridized carbons (Fsp3) is 0.364. The minimum Gasteiger partial charge on any atom is -0.325 e. The van der Waals surface area contributed by atoms with Gasteiger partial charge in [-0.15, -0.1) is 0 Å². The predicted molar refractivity (Wildman–Crippen MR) is 75.4 cm³/mol. The van der Waals surface area contributed by atoms with Crippen LogP contribution in [0.2, 0.25) is 5.02 Å². The summed E-state index contributed by atoms with van der Waals surface area (Å²) in [5.74, 6) is -0.462. The summed E-state index contributed by atoms with van der Waals surface area (Å²) in [7, 11) is -0.855. The van der Waals surface area contributed by atoms with Crippen molar-refractivity contribution in [3.63, 3.8) is 0 Å². The van der Waals surface area contributed by atoms with Gasteiger partial charge in [-0.1, -0.05) is 17.7 Å². The molecule has 19 heavy (non-hydrogen) atoms. The van der Waals surface area contributed by atoms with Gasteiger partial charge < -0.3 is 5.32 Å². The molecule has 1 amide bonds. The lowest BCUT2D eigenvalue weighted by molar-refractivity contribution is -0.115. The third-order valence-corrected chi connectivity index (χ3v) is 4.32. The topological polar surface area (TPSA) is 78.5 Å². The standard InChI is InChI=1S/C11H16ClN3O3S/c1-8-9(12)5-4-6-10(8)14-11(16)7-13-19(17,18)15(2)3/h4-6,13H,7H2,1-3H3,(H,14,16). The van der Waals surface area contributed by atoms with Crippen LogP contribution in [0.4, 0.5) is 5.69 Å². The lowest BCUT2D eigenvalue weighted by Crippen LogP contribution is -2.40. The molecule has 0 aliphatic rings. The number of hydrogen-bond acceptors (Lipinski definition) is 3. The Morgan fingerprint density at radius 1 is 1.37 bits per heavy atom. The SMILES string of the molecule is Cc1c(Cl)cccc1NC(=O)CNS(=O)(=O)N(C)C. The largest absolute Gasteiger partial charge is 0.325 e. The molecule has 0 aromatic heterocycles. The van der Waals surface area contributed by atoms with E-state index < -0.39 is 16.1 Å². The van der Waals surface area contributed by atoms with Gasteiger partial charge in [0.05, 0.1) is 6.54 Å². The maximum Gasteiger partial charge on any atom is 0.279 e. The van der Waals surface area contributed by atoms with Crippen molar-refractivity contribution in [2.24, 2.45) is 0 Å².